The SMILES string of the molecule is CC1(C)CCCC1NC(=O)c1ccc(O)c(Cl)c1. The van der Waals surface area contributed by atoms with Crippen LogP contribution in [0.2, 0.25) is 5.02 Å². The van der Waals surface area contributed by atoms with Crippen LogP contribution in [-0.4, -0.2) is 17.1 Å². The monoisotopic (exact) mass is 267 g/mol. The maximum atomic E-state index is 12.1. The van der Waals surface area contributed by atoms with Crippen molar-refractivity contribution >= 4 is 17.5 Å². The summed E-state index contributed by atoms with van der Waals surface area (Å²) in [4.78, 5) is 12.1. The van der Waals surface area contributed by atoms with Crippen molar-refractivity contribution in [3.8, 4) is 5.75 Å². The molecule has 0 radical (unpaired) electrons. The summed E-state index contributed by atoms with van der Waals surface area (Å²) >= 11 is 5.80. The van der Waals surface area contributed by atoms with E-state index in [9.17, 15) is 9.90 Å². The summed E-state index contributed by atoms with van der Waals surface area (Å²) in [7, 11) is 0. The highest BCUT2D eigenvalue weighted by atomic mass is 35.5. The fourth-order valence-corrected chi connectivity index (χ4v) is 2.66. The molecule has 0 heterocycles. The van der Waals surface area contributed by atoms with Gasteiger partial charge in [-0.2, -0.15) is 0 Å². The molecule has 0 bridgehead atoms. The van der Waals surface area contributed by atoms with Gasteiger partial charge < -0.3 is 10.4 Å². The van der Waals surface area contributed by atoms with Gasteiger partial charge in [-0.25, -0.2) is 0 Å². The van der Waals surface area contributed by atoms with Gasteiger partial charge in [-0.1, -0.05) is 31.9 Å². The van der Waals surface area contributed by atoms with Crippen LogP contribution in [0.5, 0.6) is 5.75 Å². The van der Waals surface area contributed by atoms with Crippen LogP contribution >= 0.6 is 11.6 Å². The van der Waals surface area contributed by atoms with Crippen LogP contribution in [0, 0.1) is 5.41 Å². The van der Waals surface area contributed by atoms with E-state index in [1.54, 1.807) is 6.07 Å². The van der Waals surface area contributed by atoms with E-state index in [0.717, 1.165) is 19.3 Å². The molecular formula is C14H18ClNO2. The van der Waals surface area contributed by atoms with Crippen LogP contribution < -0.4 is 5.32 Å². The van der Waals surface area contributed by atoms with Crippen LogP contribution in [0.15, 0.2) is 18.2 Å². The highest BCUT2D eigenvalue weighted by Crippen LogP contribution is 2.37. The summed E-state index contributed by atoms with van der Waals surface area (Å²) in [5.41, 5.74) is 0.636. The van der Waals surface area contributed by atoms with Crippen molar-refractivity contribution in [3.63, 3.8) is 0 Å². The summed E-state index contributed by atoms with van der Waals surface area (Å²) in [5, 5.41) is 12.6. The van der Waals surface area contributed by atoms with Crippen molar-refractivity contribution in [1.82, 2.24) is 5.32 Å². The Morgan fingerprint density at radius 1 is 1.50 bits per heavy atom. The smallest absolute Gasteiger partial charge is 0.251 e. The third-order valence-corrected chi connectivity index (χ3v) is 4.08. The van der Waals surface area contributed by atoms with Crippen LogP contribution in [0.3, 0.4) is 0 Å². The van der Waals surface area contributed by atoms with Gasteiger partial charge in [0, 0.05) is 11.6 Å². The molecule has 1 amide bonds. The molecule has 2 rings (SSSR count). The zero-order valence-corrected chi connectivity index (χ0v) is 11.4. The fourth-order valence-electron chi connectivity index (χ4n) is 2.48. The molecule has 0 spiro atoms. The molecule has 98 valence electrons. The zero-order valence-electron chi connectivity index (χ0n) is 10.7. The van der Waals surface area contributed by atoms with E-state index >= 15 is 0 Å². The number of carbonyl (C=O) groups excluding carboxylic acids is 1. The fraction of sp³-hybridized carbons (Fsp3) is 0.500. The maximum Gasteiger partial charge on any atom is 0.251 e. The Labute approximate surface area is 112 Å². The minimum Gasteiger partial charge on any atom is -0.506 e. The first-order chi connectivity index (χ1) is 8.40. The van der Waals surface area contributed by atoms with Crippen molar-refractivity contribution in [2.75, 3.05) is 0 Å². The van der Waals surface area contributed by atoms with Crippen molar-refractivity contribution < 1.29 is 9.90 Å². The molecule has 1 aromatic rings. The number of halogens is 1. The van der Waals surface area contributed by atoms with Gasteiger partial charge in [0.1, 0.15) is 5.75 Å². The predicted molar refractivity (Wildman–Crippen MR) is 72.0 cm³/mol. The molecule has 1 unspecified atom stereocenters. The largest absolute Gasteiger partial charge is 0.506 e. The topological polar surface area (TPSA) is 49.3 Å². The number of hydrogen-bond donors (Lipinski definition) is 2. The zero-order chi connectivity index (χ0) is 13.3. The van der Waals surface area contributed by atoms with Crippen molar-refractivity contribution in [1.29, 1.82) is 0 Å². The summed E-state index contributed by atoms with van der Waals surface area (Å²) < 4.78 is 0. The Hall–Kier alpha value is -1.22. The third-order valence-electron chi connectivity index (χ3n) is 3.77. The van der Waals surface area contributed by atoms with Crippen LogP contribution in [0.4, 0.5) is 0 Å². The average molecular weight is 268 g/mol. The Bertz CT molecular complexity index is 471. The number of hydrogen-bond acceptors (Lipinski definition) is 2. The Morgan fingerprint density at radius 3 is 2.78 bits per heavy atom. The molecule has 0 saturated heterocycles. The third kappa shape index (κ3) is 2.61. The van der Waals surface area contributed by atoms with Crippen molar-refractivity contribution in [2.45, 2.75) is 39.2 Å². The summed E-state index contributed by atoms with van der Waals surface area (Å²) in [6.45, 7) is 4.35. The molecule has 0 aliphatic heterocycles. The molecule has 1 saturated carbocycles. The molecule has 1 aliphatic rings. The van der Waals surface area contributed by atoms with Crippen molar-refractivity contribution in [3.05, 3.63) is 28.8 Å². The standard InChI is InChI=1S/C14H18ClNO2/c1-14(2)7-3-4-12(14)16-13(18)9-5-6-11(17)10(15)8-9/h5-6,8,12,17H,3-4,7H2,1-2H3,(H,16,18). The van der Waals surface area contributed by atoms with Crippen LogP contribution in [-0.2, 0) is 0 Å². The molecule has 4 heteroatoms. The summed E-state index contributed by atoms with van der Waals surface area (Å²) in [5.74, 6) is -0.133. The van der Waals surface area contributed by atoms with Gasteiger partial charge in [0.05, 0.1) is 5.02 Å². The molecular weight excluding hydrogens is 250 g/mol. The second kappa shape index (κ2) is 4.81. The second-order valence-corrected chi connectivity index (χ2v) is 5.98. The molecule has 1 fully saturated rings. The predicted octanol–water partition coefficient (Wildman–Crippen LogP) is 3.35. The molecule has 1 aliphatic carbocycles. The summed E-state index contributed by atoms with van der Waals surface area (Å²) in [6.07, 6.45) is 3.30. The van der Waals surface area contributed by atoms with Gasteiger partial charge in [-0.05, 0) is 36.5 Å². The summed E-state index contributed by atoms with van der Waals surface area (Å²) in [6, 6.07) is 4.72. The lowest BCUT2D eigenvalue weighted by atomic mass is 9.87. The number of nitrogens with one attached hydrogen (secondary N) is 1. The number of phenols is 1. The van der Waals surface area contributed by atoms with Crippen LogP contribution in [0.1, 0.15) is 43.5 Å². The van der Waals surface area contributed by atoms with E-state index in [0.29, 0.717) is 5.56 Å². The van der Waals surface area contributed by atoms with Gasteiger partial charge >= 0.3 is 0 Å². The van der Waals surface area contributed by atoms with E-state index in [4.69, 9.17) is 11.6 Å². The van der Waals surface area contributed by atoms with Crippen LogP contribution in [0.25, 0.3) is 0 Å². The second-order valence-electron chi connectivity index (χ2n) is 5.57. The quantitative estimate of drug-likeness (QED) is 0.863. The van der Waals surface area contributed by atoms with Crippen molar-refractivity contribution in [2.24, 2.45) is 5.41 Å². The normalized spacial score (nSPS) is 21.8. The molecule has 3 nitrogen and oxygen atoms in total. The van der Waals surface area contributed by atoms with Gasteiger partial charge in [0.15, 0.2) is 0 Å². The minimum atomic E-state index is -0.128. The van der Waals surface area contributed by atoms with Gasteiger partial charge in [-0.15, -0.1) is 0 Å². The van der Waals surface area contributed by atoms with E-state index < -0.39 is 0 Å². The first-order valence-electron chi connectivity index (χ1n) is 6.19. The van der Waals surface area contributed by atoms with Gasteiger partial charge in [0.2, 0.25) is 0 Å². The Kier molecular flexibility index (Phi) is 3.53. The maximum absolute atomic E-state index is 12.1. The lowest BCUT2D eigenvalue weighted by Gasteiger charge is -2.27. The van der Waals surface area contributed by atoms with E-state index in [-0.39, 0.29) is 28.1 Å². The first-order valence-corrected chi connectivity index (χ1v) is 6.57. The molecule has 1 atom stereocenters. The highest BCUT2D eigenvalue weighted by Gasteiger charge is 2.35. The number of amides is 1. The lowest BCUT2D eigenvalue weighted by Crippen LogP contribution is -2.41. The number of benzene rings is 1. The van der Waals surface area contributed by atoms with Gasteiger partial charge in [-0.3, -0.25) is 4.79 Å². The lowest BCUT2D eigenvalue weighted by molar-refractivity contribution is 0.0910. The minimum absolute atomic E-state index is 0.00517. The molecule has 1 aromatic carbocycles. The number of phenolic OH excluding ortho intramolecular Hbond substituents is 1. The first kappa shape index (κ1) is 13.2. The van der Waals surface area contributed by atoms with E-state index in [1.807, 2.05) is 0 Å². The number of aromatic hydroxyl groups is 1. The molecule has 0 aromatic heterocycles. The van der Waals surface area contributed by atoms with Gasteiger partial charge in [0.25, 0.3) is 5.91 Å². The average Bonchev–Trinajstić information content (AvgIpc) is 2.62. The molecule has 2 N–H and O–H groups in total. The Morgan fingerprint density at radius 2 is 2.22 bits per heavy atom. The highest BCUT2D eigenvalue weighted by molar-refractivity contribution is 6.32. The Balaban J connectivity index is 2.10. The van der Waals surface area contributed by atoms with E-state index in [1.165, 1.54) is 12.1 Å². The van der Waals surface area contributed by atoms with E-state index in [2.05, 4.69) is 19.2 Å². The number of carbonyl (C=O) groups is 1. The molecule has 18 heavy (non-hydrogen) atoms. The number of rotatable bonds is 2.